The molecule has 0 heterocycles. The van der Waals surface area contributed by atoms with Crippen LogP contribution >= 0.6 is 0 Å². The molecule has 0 saturated heterocycles. The highest BCUT2D eigenvalue weighted by atomic mass is 16.1. The molecule has 1 aliphatic carbocycles. The molecule has 0 radical (unpaired) electrons. The number of hydrogen-bond acceptors (Lipinski definition) is 2. The maximum atomic E-state index is 11.9. The number of carbonyl (C=O) groups is 1. The zero-order valence-electron chi connectivity index (χ0n) is 11.0. The zero-order chi connectivity index (χ0) is 13.0. The van der Waals surface area contributed by atoms with Crippen LogP contribution in [0.15, 0.2) is 24.3 Å². The van der Waals surface area contributed by atoms with Gasteiger partial charge < -0.3 is 11.1 Å². The van der Waals surface area contributed by atoms with E-state index in [9.17, 15) is 4.79 Å². The number of nitrogens with two attached hydrogens (primary N) is 1. The van der Waals surface area contributed by atoms with Gasteiger partial charge in [-0.3, -0.25) is 4.79 Å². The van der Waals surface area contributed by atoms with Crippen LogP contribution in [0.5, 0.6) is 0 Å². The standard InChI is InChI=1S/C15H22N2O/c1-15(8-4-5-9-15)11-17-14(18)10-12-6-2-3-7-13(12)16/h2-3,6-7H,4-5,8-11,16H2,1H3,(H,17,18). The molecule has 3 heteroatoms. The van der Waals surface area contributed by atoms with Crippen molar-refractivity contribution < 1.29 is 4.79 Å². The topological polar surface area (TPSA) is 55.1 Å². The van der Waals surface area contributed by atoms with E-state index in [0.29, 0.717) is 17.5 Å². The van der Waals surface area contributed by atoms with Gasteiger partial charge in [0.2, 0.25) is 5.91 Å². The van der Waals surface area contributed by atoms with Crippen LogP contribution in [0.4, 0.5) is 5.69 Å². The number of amides is 1. The molecule has 1 saturated carbocycles. The van der Waals surface area contributed by atoms with Crippen LogP contribution in [0, 0.1) is 5.41 Å². The summed E-state index contributed by atoms with van der Waals surface area (Å²) in [6, 6.07) is 7.54. The quantitative estimate of drug-likeness (QED) is 0.802. The van der Waals surface area contributed by atoms with Crippen molar-refractivity contribution in [3.8, 4) is 0 Å². The highest BCUT2D eigenvalue weighted by Crippen LogP contribution is 2.36. The van der Waals surface area contributed by atoms with Crippen LogP contribution in [0.3, 0.4) is 0 Å². The first-order valence-corrected chi connectivity index (χ1v) is 6.69. The van der Waals surface area contributed by atoms with Gasteiger partial charge in [0, 0.05) is 12.2 Å². The average molecular weight is 246 g/mol. The molecule has 0 atom stereocenters. The van der Waals surface area contributed by atoms with E-state index in [4.69, 9.17) is 5.73 Å². The third kappa shape index (κ3) is 3.25. The summed E-state index contributed by atoms with van der Waals surface area (Å²) in [5.74, 6) is 0.0704. The maximum absolute atomic E-state index is 11.9. The third-order valence-corrected chi connectivity index (χ3v) is 3.93. The molecule has 1 aromatic carbocycles. The van der Waals surface area contributed by atoms with E-state index in [1.165, 1.54) is 25.7 Å². The zero-order valence-corrected chi connectivity index (χ0v) is 11.0. The number of carbonyl (C=O) groups excluding carboxylic acids is 1. The van der Waals surface area contributed by atoms with E-state index in [-0.39, 0.29) is 5.91 Å². The molecule has 98 valence electrons. The highest BCUT2D eigenvalue weighted by Gasteiger charge is 2.28. The molecule has 0 aliphatic heterocycles. The van der Waals surface area contributed by atoms with Gasteiger partial charge in [-0.25, -0.2) is 0 Å². The predicted octanol–water partition coefficient (Wildman–Crippen LogP) is 2.51. The molecule has 0 unspecified atom stereocenters. The summed E-state index contributed by atoms with van der Waals surface area (Å²) in [5.41, 5.74) is 7.74. The van der Waals surface area contributed by atoms with Gasteiger partial charge in [-0.15, -0.1) is 0 Å². The van der Waals surface area contributed by atoms with Crippen molar-refractivity contribution in [3.05, 3.63) is 29.8 Å². The number of nitrogens with one attached hydrogen (secondary N) is 1. The Bertz CT molecular complexity index is 422. The molecule has 1 aromatic rings. The molecule has 1 aliphatic rings. The summed E-state index contributed by atoms with van der Waals surface area (Å²) in [6.07, 6.45) is 5.40. The van der Waals surface area contributed by atoms with Crippen molar-refractivity contribution >= 4 is 11.6 Å². The van der Waals surface area contributed by atoms with Crippen LogP contribution in [-0.4, -0.2) is 12.5 Å². The SMILES string of the molecule is CC1(CNC(=O)Cc2ccccc2N)CCCC1. The predicted molar refractivity (Wildman–Crippen MR) is 74.1 cm³/mol. The molecule has 0 aromatic heterocycles. The number of hydrogen-bond donors (Lipinski definition) is 2. The van der Waals surface area contributed by atoms with Gasteiger partial charge in [0.15, 0.2) is 0 Å². The fourth-order valence-electron chi connectivity index (χ4n) is 2.65. The Labute approximate surface area is 109 Å². The smallest absolute Gasteiger partial charge is 0.224 e. The average Bonchev–Trinajstić information content (AvgIpc) is 2.77. The summed E-state index contributed by atoms with van der Waals surface area (Å²) in [4.78, 5) is 11.9. The molecule has 2 rings (SSSR count). The van der Waals surface area contributed by atoms with Crippen LogP contribution in [0.25, 0.3) is 0 Å². The number of rotatable bonds is 4. The molecule has 0 spiro atoms. The van der Waals surface area contributed by atoms with E-state index in [1.54, 1.807) is 0 Å². The summed E-state index contributed by atoms with van der Waals surface area (Å²) >= 11 is 0. The van der Waals surface area contributed by atoms with Crippen molar-refractivity contribution in [2.24, 2.45) is 5.41 Å². The second-order valence-corrected chi connectivity index (χ2v) is 5.67. The van der Waals surface area contributed by atoms with E-state index in [1.807, 2.05) is 24.3 Å². The van der Waals surface area contributed by atoms with E-state index < -0.39 is 0 Å². The monoisotopic (exact) mass is 246 g/mol. The third-order valence-electron chi connectivity index (χ3n) is 3.93. The summed E-state index contributed by atoms with van der Waals surface area (Å²) in [5, 5.41) is 3.05. The number of nitrogen functional groups attached to an aromatic ring is 1. The first kappa shape index (κ1) is 12.9. The van der Waals surface area contributed by atoms with Gasteiger partial charge >= 0.3 is 0 Å². The lowest BCUT2D eigenvalue weighted by Gasteiger charge is -2.23. The molecular weight excluding hydrogens is 224 g/mol. The van der Waals surface area contributed by atoms with Crippen molar-refractivity contribution in [1.29, 1.82) is 0 Å². The first-order chi connectivity index (χ1) is 8.59. The lowest BCUT2D eigenvalue weighted by atomic mass is 9.89. The van der Waals surface area contributed by atoms with Crippen molar-refractivity contribution in [1.82, 2.24) is 5.32 Å². The molecule has 1 amide bonds. The second-order valence-electron chi connectivity index (χ2n) is 5.67. The Morgan fingerprint density at radius 1 is 1.33 bits per heavy atom. The van der Waals surface area contributed by atoms with Crippen LogP contribution < -0.4 is 11.1 Å². The minimum Gasteiger partial charge on any atom is -0.398 e. The lowest BCUT2D eigenvalue weighted by molar-refractivity contribution is -0.120. The Kier molecular flexibility index (Phi) is 3.90. The van der Waals surface area contributed by atoms with Gasteiger partial charge in [-0.1, -0.05) is 38.0 Å². The molecule has 3 nitrogen and oxygen atoms in total. The highest BCUT2D eigenvalue weighted by molar-refractivity contribution is 5.80. The van der Waals surface area contributed by atoms with Crippen molar-refractivity contribution in [3.63, 3.8) is 0 Å². The molecule has 1 fully saturated rings. The Morgan fingerprint density at radius 3 is 2.67 bits per heavy atom. The Hall–Kier alpha value is -1.51. The van der Waals surface area contributed by atoms with E-state index in [0.717, 1.165) is 12.1 Å². The minimum absolute atomic E-state index is 0.0704. The molecule has 0 bridgehead atoms. The van der Waals surface area contributed by atoms with Gasteiger partial charge in [-0.05, 0) is 29.9 Å². The van der Waals surface area contributed by atoms with Crippen molar-refractivity contribution in [2.45, 2.75) is 39.0 Å². The minimum atomic E-state index is 0.0704. The van der Waals surface area contributed by atoms with E-state index in [2.05, 4.69) is 12.2 Å². The number of benzene rings is 1. The lowest BCUT2D eigenvalue weighted by Crippen LogP contribution is -2.35. The van der Waals surface area contributed by atoms with Crippen molar-refractivity contribution in [2.75, 3.05) is 12.3 Å². The second kappa shape index (κ2) is 5.42. The molecule has 3 N–H and O–H groups in total. The fourth-order valence-corrected chi connectivity index (χ4v) is 2.65. The Morgan fingerprint density at radius 2 is 2.00 bits per heavy atom. The maximum Gasteiger partial charge on any atom is 0.224 e. The largest absolute Gasteiger partial charge is 0.398 e. The fraction of sp³-hybridized carbons (Fsp3) is 0.533. The van der Waals surface area contributed by atoms with Crippen LogP contribution in [0.1, 0.15) is 38.2 Å². The van der Waals surface area contributed by atoms with Gasteiger partial charge in [0.05, 0.1) is 6.42 Å². The molecule has 18 heavy (non-hydrogen) atoms. The first-order valence-electron chi connectivity index (χ1n) is 6.69. The summed E-state index contributed by atoms with van der Waals surface area (Å²) in [7, 11) is 0. The molecular formula is C15H22N2O. The van der Waals surface area contributed by atoms with E-state index >= 15 is 0 Å². The van der Waals surface area contributed by atoms with Crippen LogP contribution in [-0.2, 0) is 11.2 Å². The van der Waals surface area contributed by atoms with Gasteiger partial charge in [0.25, 0.3) is 0 Å². The number of para-hydroxylation sites is 1. The van der Waals surface area contributed by atoms with Gasteiger partial charge in [0.1, 0.15) is 0 Å². The number of anilines is 1. The summed E-state index contributed by atoms with van der Waals surface area (Å²) < 4.78 is 0. The normalized spacial score (nSPS) is 17.6. The van der Waals surface area contributed by atoms with Crippen LogP contribution in [0.2, 0.25) is 0 Å². The Balaban J connectivity index is 1.84. The van der Waals surface area contributed by atoms with Gasteiger partial charge in [-0.2, -0.15) is 0 Å². The summed E-state index contributed by atoms with van der Waals surface area (Å²) in [6.45, 7) is 3.05.